The molecule has 1 amide bonds. The maximum atomic E-state index is 12.6. The van der Waals surface area contributed by atoms with E-state index in [9.17, 15) is 4.79 Å². The van der Waals surface area contributed by atoms with Gasteiger partial charge in [-0.05, 0) is 35.1 Å². The van der Waals surface area contributed by atoms with Gasteiger partial charge in [-0.15, -0.1) is 0 Å². The number of fused-ring (bicyclic) bond motifs is 1. The second-order valence-electron chi connectivity index (χ2n) is 6.33. The monoisotopic (exact) mass is 292 g/mol. The Morgan fingerprint density at radius 1 is 0.864 bits per heavy atom. The van der Waals surface area contributed by atoms with Crippen molar-refractivity contribution in [2.75, 3.05) is 26.2 Å². The Hall–Kier alpha value is -2.13. The van der Waals surface area contributed by atoms with E-state index >= 15 is 0 Å². The summed E-state index contributed by atoms with van der Waals surface area (Å²) in [5.74, 6) is 1.47. The number of likely N-dealkylation sites (tertiary alicyclic amines) is 1. The van der Waals surface area contributed by atoms with Crippen LogP contribution in [-0.4, -0.2) is 37.0 Å². The molecule has 112 valence electrons. The Morgan fingerprint density at radius 2 is 1.45 bits per heavy atom. The van der Waals surface area contributed by atoms with Crippen molar-refractivity contribution in [3.8, 4) is 11.1 Å². The van der Waals surface area contributed by atoms with Crippen LogP contribution in [0.2, 0.25) is 0 Å². The average molecular weight is 292 g/mol. The number of nitrogens with zero attached hydrogens (tertiary/aromatic N) is 1. The highest BCUT2D eigenvalue weighted by Crippen LogP contribution is 2.28. The zero-order valence-corrected chi connectivity index (χ0v) is 12.5. The Kier molecular flexibility index (Phi) is 3.43. The van der Waals surface area contributed by atoms with Crippen molar-refractivity contribution in [1.82, 2.24) is 10.2 Å². The lowest BCUT2D eigenvalue weighted by Crippen LogP contribution is -2.31. The summed E-state index contributed by atoms with van der Waals surface area (Å²) in [6, 6.07) is 18.3. The van der Waals surface area contributed by atoms with Crippen LogP contribution < -0.4 is 5.32 Å². The van der Waals surface area contributed by atoms with Gasteiger partial charge in [-0.2, -0.15) is 0 Å². The third-order valence-corrected chi connectivity index (χ3v) is 4.92. The first-order valence-corrected chi connectivity index (χ1v) is 7.97. The van der Waals surface area contributed by atoms with Gasteiger partial charge in [0.2, 0.25) is 0 Å². The highest BCUT2D eigenvalue weighted by Gasteiger charge is 2.38. The number of benzene rings is 2. The second-order valence-corrected chi connectivity index (χ2v) is 6.33. The summed E-state index contributed by atoms with van der Waals surface area (Å²) in [6.07, 6.45) is 0. The number of hydrogen-bond donors (Lipinski definition) is 1. The van der Waals surface area contributed by atoms with Gasteiger partial charge in [0.15, 0.2) is 0 Å². The molecule has 1 N–H and O–H groups in total. The van der Waals surface area contributed by atoms with Gasteiger partial charge in [0.1, 0.15) is 0 Å². The smallest absolute Gasteiger partial charge is 0.253 e. The quantitative estimate of drug-likeness (QED) is 0.923. The summed E-state index contributed by atoms with van der Waals surface area (Å²) in [4.78, 5) is 14.7. The molecule has 3 nitrogen and oxygen atoms in total. The summed E-state index contributed by atoms with van der Waals surface area (Å²) in [5.41, 5.74) is 3.13. The van der Waals surface area contributed by atoms with Gasteiger partial charge in [0.05, 0.1) is 0 Å². The molecule has 0 bridgehead atoms. The number of nitrogens with one attached hydrogen (secondary N) is 1. The van der Waals surface area contributed by atoms with Gasteiger partial charge in [-0.3, -0.25) is 4.79 Å². The third kappa shape index (κ3) is 2.42. The van der Waals surface area contributed by atoms with Crippen molar-refractivity contribution in [2.24, 2.45) is 11.8 Å². The molecule has 4 rings (SSSR count). The Labute approximate surface area is 131 Å². The molecular formula is C19H20N2O. The third-order valence-electron chi connectivity index (χ3n) is 4.92. The predicted molar refractivity (Wildman–Crippen MR) is 87.6 cm³/mol. The zero-order chi connectivity index (χ0) is 14.9. The minimum absolute atomic E-state index is 0.175. The van der Waals surface area contributed by atoms with E-state index in [-0.39, 0.29) is 5.91 Å². The fourth-order valence-electron chi connectivity index (χ4n) is 3.64. The molecule has 2 saturated heterocycles. The van der Waals surface area contributed by atoms with Crippen LogP contribution >= 0.6 is 0 Å². The lowest BCUT2D eigenvalue weighted by molar-refractivity contribution is 0.0781. The minimum Gasteiger partial charge on any atom is -0.338 e. The van der Waals surface area contributed by atoms with Crippen molar-refractivity contribution in [2.45, 2.75) is 0 Å². The summed E-state index contributed by atoms with van der Waals surface area (Å²) in [6.45, 7) is 3.91. The molecule has 0 saturated carbocycles. The van der Waals surface area contributed by atoms with Gasteiger partial charge in [0.25, 0.3) is 5.91 Å². The van der Waals surface area contributed by atoms with E-state index in [2.05, 4.69) is 17.4 Å². The van der Waals surface area contributed by atoms with E-state index in [1.807, 2.05) is 47.4 Å². The van der Waals surface area contributed by atoms with Gasteiger partial charge in [0, 0.05) is 31.7 Å². The Bertz CT molecular complexity index is 654. The van der Waals surface area contributed by atoms with Crippen LogP contribution in [0.1, 0.15) is 10.4 Å². The Balaban J connectivity index is 1.50. The largest absolute Gasteiger partial charge is 0.338 e. The van der Waals surface area contributed by atoms with Crippen molar-refractivity contribution < 1.29 is 4.79 Å². The van der Waals surface area contributed by atoms with E-state index in [0.29, 0.717) is 11.8 Å². The number of amides is 1. The van der Waals surface area contributed by atoms with Crippen molar-refractivity contribution >= 4 is 5.91 Å². The fraction of sp³-hybridized carbons (Fsp3) is 0.316. The predicted octanol–water partition coefficient (Wildman–Crippen LogP) is 2.65. The molecule has 0 unspecified atom stereocenters. The molecule has 0 spiro atoms. The van der Waals surface area contributed by atoms with Crippen molar-refractivity contribution in [1.29, 1.82) is 0 Å². The van der Waals surface area contributed by atoms with Crippen LogP contribution in [0.4, 0.5) is 0 Å². The second kappa shape index (κ2) is 5.58. The van der Waals surface area contributed by atoms with Crippen LogP contribution in [0, 0.1) is 11.8 Å². The van der Waals surface area contributed by atoms with Gasteiger partial charge >= 0.3 is 0 Å². The summed E-state index contributed by atoms with van der Waals surface area (Å²) in [7, 11) is 0. The topological polar surface area (TPSA) is 32.3 Å². The van der Waals surface area contributed by atoms with E-state index < -0.39 is 0 Å². The highest BCUT2D eigenvalue weighted by molar-refractivity contribution is 5.95. The summed E-state index contributed by atoms with van der Waals surface area (Å²) in [5, 5.41) is 3.41. The Morgan fingerprint density at radius 3 is 2.09 bits per heavy atom. The minimum atomic E-state index is 0.175. The number of hydrogen-bond acceptors (Lipinski definition) is 2. The lowest BCUT2D eigenvalue weighted by Gasteiger charge is -2.17. The molecule has 2 aromatic carbocycles. The molecule has 2 atom stereocenters. The molecule has 22 heavy (non-hydrogen) atoms. The molecule has 0 aliphatic carbocycles. The lowest BCUT2D eigenvalue weighted by atomic mass is 10.0. The van der Waals surface area contributed by atoms with Crippen molar-refractivity contribution in [3.05, 3.63) is 60.2 Å². The van der Waals surface area contributed by atoms with Gasteiger partial charge in [-0.1, -0.05) is 42.5 Å². The number of rotatable bonds is 2. The first kappa shape index (κ1) is 13.5. The number of carbonyl (C=O) groups is 1. The molecular weight excluding hydrogens is 272 g/mol. The summed E-state index contributed by atoms with van der Waals surface area (Å²) >= 11 is 0. The molecule has 2 aliphatic heterocycles. The first-order chi connectivity index (χ1) is 10.8. The molecule has 2 heterocycles. The van der Waals surface area contributed by atoms with Gasteiger partial charge in [-0.25, -0.2) is 0 Å². The molecule has 2 aromatic rings. The summed E-state index contributed by atoms with van der Waals surface area (Å²) < 4.78 is 0. The fourth-order valence-corrected chi connectivity index (χ4v) is 3.64. The normalized spacial score (nSPS) is 23.5. The van der Waals surface area contributed by atoms with Crippen LogP contribution in [-0.2, 0) is 0 Å². The number of carbonyl (C=O) groups excluding carboxylic acids is 1. The van der Waals surface area contributed by atoms with Crippen LogP contribution in [0.15, 0.2) is 54.6 Å². The molecule has 3 heteroatoms. The van der Waals surface area contributed by atoms with E-state index in [0.717, 1.165) is 37.3 Å². The SMILES string of the molecule is O=C(c1ccc(-c2ccccc2)cc1)N1C[C@H]2CNC[C@H]2C1. The molecule has 0 aromatic heterocycles. The van der Waals surface area contributed by atoms with Gasteiger partial charge < -0.3 is 10.2 Å². The molecule has 0 radical (unpaired) electrons. The standard InChI is InChI=1S/C19H20N2O/c22-19(21-12-17-10-20-11-18(17)13-21)16-8-6-15(7-9-16)14-4-2-1-3-5-14/h1-9,17-18,20H,10-13H2/t17-,18+. The zero-order valence-electron chi connectivity index (χ0n) is 12.5. The maximum absolute atomic E-state index is 12.6. The van der Waals surface area contributed by atoms with E-state index in [4.69, 9.17) is 0 Å². The van der Waals surface area contributed by atoms with Crippen LogP contribution in [0.3, 0.4) is 0 Å². The van der Waals surface area contributed by atoms with Crippen molar-refractivity contribution in [3.63, 3.8) is 0 Å². The first-order valence-electron chi connectivity index (χ1n) is 7.97. The molecule has 2 fully saturated rings. The van der Waals surface area contributed by atoms with E-state index in [1.165, 1.54) is 5.56 Å². The van der Waals surface area contributed by atoms with Crippen LogP contribution in [0.25, 0.3) is 11.1 Å². The highest BCUT2D eigenvalue weighted by atomic mass is 16.2. The van der Waals surface area contributed by atoms with Crippen LogP contribution in [0.5, 0.6) is 0 Å². The average Bonchev–Trinajstić information content (AvgIpc) is 3.17. The molecule has 2 aliphatic rings. The van der Waals surface area contributed by atoms with E-state index in [1.54, 1.807) is 0 Å². The maximum Gasteiger partial charge on any atom is 0.253 e.